The molecule has 0 saturated carbocycles. The molecule has 2 heterocycles. The summed E-state index contributed by atoms with van der Waals surface area (Å²) in [6.45, 7) is 4.97. The third kappa shape index (κ3) is 3.48. The summed E-state index contributed by atoms with van der Waals surface area (Å²) in [5.41, 5.74) is 7.69. The molecule has 1 aliphatic heterocycles. The van der Waals surface area contributed by atoms with Crippen LogP contribution in [0.5, 0.6) is 0 Å². The molecular formula is C16H23ClN4O. The van der Waals surface area contributed by atoms with Crippen molar-refractivity contribution in [2.75, 3.05) is 13.1 Å². The van der Waals surface area contributed by atoms with Crippen molar-refractivity contribution in [3.8, 4) is 11.4 Å². The van der Waals surface area contributed by atoms with E-state index >= 15 is 0 Å². The average Bonchev–Trinajstić information content (AvgIpc) is 3.16. The second-order valence-electron chi connectivity index (χ2n) is 5.55. The molecule has 0 aliphatic carbocycles. The minimum absolute atomic E-state index is 0. The average molecular weight is 323 g/mol. The van der Waals surface area contributed by atoms with Gasteiger partial charge in [0.1, 0.15) is 0 Å². The molecule has 120 valence electrons. The SMILES string of the molecule is CCCN1CCCC1c1nc(-c2ccc(CN)cc2)no1.Cl. The molecule has 1 aromatic heterocycles. The van der Waals surface area contributed by atoms with Crippen molar-refractivity contribution < 1.29 is 4.52 Å². The molecule has 3 rings (SSSR count). The van der Waals surface area contributed by atoms with Gasteiger partial charge >= 0.3 is 0 Å². The lowest BCUT2D eigenvalue weighted by atomic mass is 10.1. The molecule has 1 atom stereocenters. The van der Waals surface area contributed by atoms with Gasteiger partial charge in [-0.25, -0.2) is 0 Å². The second kappa shape index (κ2) is 7.72. The number of hydrogen-bond acceptors (Lipinski definition) is 5. The molecule has 1 fully saturated rings. The Balaban J connectivity index is 0.00000176. The lowest BCUT2D eigenvalue weighted by Crippen LogP contribution is -2.24. The Kier molecular flexibility index (Phi) is 5.94. The van der Waals surface area contributed by atoms with Gasteiger partial charge in [-0.2, -0.15) is 4.98 Å². The zero-order chi connectivity index (χ0) is 14.7. The number of hydrogen-bond donors (Lipinski definition) is 1. The quantitative estimate of drug-likeness (QED) is 0.915. The lowest BCUT2D eigenvalue weighted by molar-refractivity contribution is 0.208. The van der Waals surface area contributed by atoms with E-state index in [9.17, 15) is 0 Å². The first kappa shape index (κ1) is 16.9. The van der Waals surface area contributed by atoms with Gasteiger partial charge in [0.25, 0.3) is 0 Å². The Hall–Kier alpha value is -1.43. The number of nitrogens with zero attached hydrogens (tertiary/aromatic N) is 3. The Bertz CT molecular complexity index is 584. The highest BCUT2D eigenvalue weighted by atomic mass is 35.5. The van der Waals surface area contributed by atoms with Gasteiger partial charge in [-0.05, 0) is 37.9 Å². The van der Waals surface area contributed by atoms with Crippen LogP contribution in [0.3, 0.4) is 0 Å². The van der Waals surface area contributed by atoms with E-state index < -0.39 is 0 Å². The predicted molar refractivity (Wildman–Crippen MR) is 88.7 cm³/mol. The maximum atomic E-state index is 5.61. The standard InChI is InChI=1S/C16H22N4O.ClH/c1-2-9-20-10-3-4-14(20)16-18-15(19-21-16)13-7-5-12(11-17)6-8-13;/h5-8,14H,2-4,9-11,17H2,1H3;1H. The minimum atomic E-state index is 0. The van der Waals surface area contributed by atoms with Crippen LogP contribution in [0.1, 0.15) is 43.7 Å². The van der Waals surface area contributed by atoms with Crippen LogP contribution in [0, 0.1) is 0 Å². The van der Waals surface area contributed by atoms with Gasteiger partial charge in [-0.1, -0.05) is 36.3 Å². The molecule has 1 unspecified atom stereocenters. The zero-order valence-corrected chi connectivity index (χ0v) is 13.7. The van der Waals surface area contributed by atoms with Gasteiger partial charge in [0.05, 0.1) is 6.04 Å². The molecule has 0 spiro atoms. The van der Waals surface area contributed by atoms with Gasteiger partial charge in [-0.15, -0.1) is 12.4 Å². The van der Waals surface area contributed by atoms with Crippen LogP contribution in [0.25, 0.3) is 11.4 Å². The van der Waals surface area contributed by atoms with Gasteiger partial charge in [-0.3, -0.25) is 4.90 Å². The first-order valence-electron chi connectivity index (χ1n) is 7.69. The number of aromatic nitrogens is 2. The monoisotopic (exact) mass is 322 g/mol. The fourth-order valence-corrected chi connectivity index (χ4v) is 2.94. The summed E-state index contributed by atoms with van der Waals surface area (Å²) < 4.78 is 5.51. The van der Waals surface area contributed by atoms with Crippen molar-refractivity contribution >= 4 is 12.4 Å². The molecule has 1 aliphatic rings. The molecular weight excluding hydrogens is 300 g/mol. The lowest BCUT2D eigenvalue weighted by Gasteiger charge is -2.20. The van der Waals surface area contributed by atoms with Crippen molar-refractivity contribution in [1.29, 1.82) is 0 Å². The molecule has 22 heavy (non-hydrogen) atoms. The van der Waals surface area contributed by atoms with Crippen LogP contribution in [0.4, 0.5) is 0 Å². The number of nitrogens with two attached hydrogens (primary N) is 1. The highest BCUT2D eigenvalue weighted by Gasteiger charge is 2.30. The largest absolute Gasteiger partial charge is 0.337 e. The highest BCUT2D eigenvalue weighted by molar-refractivity contribution is 5.85. The Labute approximate surface area is 137 Å². The maximum Gasteiger partial charge on any atom is 0.244 e. The van der Waals surface area contributed by atoms with E-state index in [2.05, 4.69) is 22.0 Å². The molecule has 6 heteroatoms. The van der Waals surface area contributed by atoms with Crippen LogP contribution in [0.15, 0.2) is 28.8 Å². The van der Waals surface area contributed by atoms with Crippen molar-refractivity contribution in [2.24, 2.45) is 5.73 Å². The maximum absolute atomic E-state index is 5.61. The van der Waals surface area contributed by atoms with E-state index in [4.69, 9.17) is 10.3 Å². The van der Waals surface area contributed by atoms with Gasteiger partial charge < -0.3 is 10.3 Å². The van der Waals surface area contributed by atoms with Crippen LogP contribution in [-0.4, -0.2) is 28.1 Å². The van der Waals surface area contributed by atoms with Gasteiger partial charge in [0.15, 0.2) is 0 Å². The van der Waals surface area contributed by atoms with E-state index in [0.29, 0.717) is 12.4 Å². The highest BCUT2D eigenvalue weighted by Crippen LogP contribution is 2.31. The summed E-state index contributed by atoms with van der Waals surface area (Å²) >= 11 is 0. The number of rotatable bonds is 5. The van der Waals surface area contributed by atoms with Crippen molar-refractivity contribution in [1.82, 2.24) is 15.0 Å². The Morgan fingerprint density at radius 1 is 1.32 bits per heavy atom. The first-order valence-corrected chi connectivity index (χ1v) is 7.69. The van der Waals surface area contributed by atoms with Crippen molar-refractivity contribution in [3.05, 3.63) is 35.7 Å². The summed E-state index contributed by atoms with van der Waals surface area (Å²) in [7, 11) is 0. The normalized spacial score (nSPS) is 18.4. The number of likely N-dealkylation sites (tertiary alicyclic amines) is 1. The van der Waals surface area contributed by atoms with Crippen LogP contribution < -0.4 is 5.73 Å². The molecule has 0 amide bonds. The van der Waals surface area contributed by atoms with E-state index in [1.165, 1.54) is 6.42 Å². The third-order valence-corrected chi connectivity index (χ3v) is 4.05. The molecule has 1 saturated heterocycles. The molecule has 2 aromatic rings. The van der Waals surface area contributed by atoms with Crippen molar-refractivity contribution in [2.45, 2.75) is 38.8 Å². The van der Waals surface area contributed by atoms with Crippen LogP contribution in [0.2, 0.25) is 0 Å². The molecule has 2 N–H and O–H groups in total. The van der Waals surface area contributed by atoms with E-state index in [0.717, 1.165) is 42.9 Å². The third-order valence-electron chi connectivity index (χ3n) is 4.05. The molecule has 0 bridgehead atoms. The zero-order valence-electron chi connectivity index (χ0n) is 12.9. The topological polar surface area (TPSA) is 68.2 Å². The van der Waals surface area contributed by atoms with Gasteiger partial charge in [0.2, 0.25) is 11.7 Å². The van der Waals surface area contributed by atoms with E-state index in [-0.39, 0.29) is 18.4 Å². The summed E-state index contributed by atoms with van der Waals surface area (Å²) in [5, 5.41) is 4.14. The summed E-state index contributed by atoms with van der Waals surface area (Å²) in [6.07, 6.45) is 3.46. The minimum Gasteiger partial charge on any atom is -0.337 e. The Morgan fingerprint density at radius 2 is 2.09 bits per heavy atom. The van der Waals surface area contributed by atoms with Gasteiger partial charge in [0, 0.05) is 12.1 Å². The van der Waals surface area contributed by atoms with Crippen LogP contribution >= 0.6 is 12.4 Å². The predicted octanol–water partition coefficient (Wildman–Crippen LogP) is 3.16. The number of benzene rings is 1. The summed E-state index contributed by atoms with van der Waals surface area (Å²) in [5.74, 6) is 1.41. The van der Waals surface area contributed by atoms with Crippen molar-refractivity contribution in [3.63, 3.8) is 0 Å². The second-order valence-corrected chi connectivity index (χ2v) is 5.55. The fraction of sp³-hybridized carbons (Fsp3) is 0.500. The molecule has 0 radical (unpaired) electrons. The summed E-state index contributed by atoms with van der Waals surface area (Å²) in [4.78, 5) is 7.04. The Morgan fingerprint density at radius 3 is 2.77 bits per heavy atom. The summed E-state index contributed by atoms with van der Waals surface area (Å²) in [6, 6.07) is 8.29. The molecule has 1 aromatic carbocycles. The number of halogens is 1. The van der Waals surface area contributed by atoms with E-state index in [1.807, 2.05) is 24.3 Å². The molecule has 5 nitrogen and oxygen atoms in total. The smallest absolute Gasteiger partial charge is 0.244 e. The first-order chi connectivity index (χ1) is 10.3. The fourth-order valence-electron chi connectivity index (χ4n) is 2.94. The van der Waals surface area contributed by atoms with Crippen LogP contribution in [-0.2, 0) is 6.54 Å². The van der Waals surface area contributed by atoms with E-state index in [1.54, 1.807) is 0 Å².